The molecule has 1 aromatic heterocycles. The zero-order valence-corrected chi connectivity index (χ0v) is 17.4. The van der Waals surface area contributed by atoms with Crippen molar-refractivity contribution in [1.82, 2.24) is 14.3 Å². The Balaban J connectivity index is 1.74. The molecule has 1 heterocycles. The van der Waals surface area contributed by atoms with Crippen molar-refractivity contribution in [2.75, 3.05) is 0 Å². The second kappa shape index (κ2) is 8.47. The highest BCUT2D eigenvalue weighted by atomic mass is 16.2. The molecule has 0 atom stereocenters. The highest BCUT2D eigenvalue weighted by Crippen LogP contribution is 2.25. The number of fused-ring (bicyclic) bond motifs is 1. The SMILES string of the molecule is O=c1c(-c2cccc3ccccc23)nn(Cc2ccccc2)c(=O)n1Cc1ccccc1. The van der Waals surface area contributed by atoms with Gasteiger partial charge in [-0.3, -0.25) is 9.36 Å². The second-order valence-corrected chi connectivity index (χ2v) is 7.68. The molecule has 0 unspecified atom stereocenters. The van der Waals surface area contributed by atoms with Crippen LogP contribution in [0, 0.1) is 0 Å². The van der Waals surface area contributed by atoms with Crippen LogP contribution in [0.5, 0.6) is 0 Å². The van der Waals surface area contributed by atoms with Crippen LogP contribution in [0.2, 0.25) is 0 Å². The zero-order valence-electron chi connectivity index (χ0n) is 17.4. The third-order valence-electron chi connectivity index (χ3n) is 5.52. The number of rotatable bonds is 5. The molecule has 5 rings (SSSR count). The van der Waals surface area contributed by atoms with Crippen LogP contribution in [-0.2, 0) is 13.1 Å². The number of nitrogens with zero attached hydrogens (tertiary/aromatic N) is 3. The molecular formula is C27H21N3O2. The van der Waals surface area contributed by atoms with E-state index in [0.717, 1.165) is 27.5 Å². The Labute approximate surface area is 184 Å². The van der Waals surface area contributed by atoms with Gasteiger partial charge in [0, 0.05) is 5.56 Å². The quantitative estimate of drug-likeness (QED) is 0.426. The Kier molecular flexibility index (Phi) is 5.22. The molecule has 32 heavy (non-hydrogen) atoms. The molecule has 0 saturated heterocycles. The van der Waals surface area contributed by atoms with E-state index in [1.165, 1.54) is 9.25 Å². The summed E-state index contributed by atoms with van der Waals surface area (Å²) in [4.78, 5) is 26.8. The van der Waals surface area contributed by atoms with E-state index >= 15 is 0 Å². The molecule has 156 valence electrons. The van der Waals surface area contributed by atoms with E-state index in [0.29, 0.717) is 0 Å². The van der Waals surface area contributed by atoms with Crippen LogP contribution in [0.1, 0.15) is 11.1 Å². The van der Waals surface area contributed by atoms with E-state index in [-0.39, 0.29) is 24.3 Å². The van der Waals surface area contributed by atoms with Crippen LogP contribution in [0.15, 0.2) is 113 Å². The van der Waals surface area contributed by atoms with Gasteiger partial charge >= 0.3 is 5.69 Å². The third kappa shape index (κ3) is 3.76. The van der Waals surface area contributed by atoms with Gasteiger partial charge in [0.05, 0.1) is 13.1 Å². The van der Waals surface area contributed by atoms with E-state index in [9.17, 15) is 9.59 Å². The van der Waals surface area contributed by atoms with Crippen LogP contribution in [-0.4, -0.2) is 14.3 Å². The van der Waals surface area contributed by atoms with Crippen molar-refractivity contribution in [2.45, 2.75) is 13.1 Å². The van der Waals surface area contributed by atoms with Crippen molar-refractivity contribution in [3.63, 3.8) is 0 Å². The van der Waals surface area contributed by atoms with Gasteiger partial charge in [-0.15, -0.1) is 0 Å². The Hall–Kier alpha value is -4.25. The summed E-state index contributed by atoms with van der Waals surface area (Å²) in [5.74, 6) is 0. The Morgan fingerprint density at radius 2 is 1.22 bits per heavy atom. The van der Waals surface area contributed by atoms with Crippen molar-refractivity contribution in [3.8, 4) is 11.3 Å². The highest BCUT2D eigenvalue weighted by Gasteiger charge is 2.17. The average molecular weight is 419 g/mol. The van der Waals surface area contributed by atoms with Crippen molar-refractivity contribution < 1.29 is 0 Å². The first kappa shape index (κ1) is 19.7. The lowest BCUT2D eigenvalue weighted by Gasteiger charge is -2.13. The number of hydrogen-bond donors (Lipinski definition) is 0. The molecule has 5 heteroatoms. The summed E-state index contributed by atoms with van der Waals surface area (Å²) in [5.41, 5.74) is 2.00. The van der Waals surface area contributed by atoms with Gasteiger partial charge in [0.1, 0.15) is 0 Å². The largest absolute Gasteiger partial charge is 0.348 e. The molecule has 0 saturated carbocycles. The van der Waals surface area contributed by atoms with Gasteiger partial charge in [0.25, 0.3) is 5.56 Å². The topological polar surface area (TPSA) is 56.9 Å². The first-order valence-corrected chi connectivity index (χ1v) is 10.5. The molecule has 0 aliphatic rings. The van der Waals surface area contributed by atoms with Crippen molar-refractivity contribution in [3.05, 3.63) is 135 Å². The van der Waals surface area contributed by atoms with Gasteiger partial charge in [0.15, 0.2) is 5.69 Å². The molecule has 4 aromatic carbocycles. The maximum atomic E-state index is 13.5. The second-order valence-electron chi connectivity index (χ2n) is 7.68. The molecule has 5 nitrogen and oxygen atoms in total. The number of aromatic nitrogens is 3. The molecule has 0 fully saturated rings. The molecule has 0 amide bonds. The van der Waals surface area contributed by atoms with E-state index < -0.39 is 5.69 Å². The van der Waals surface area contributed by atoms with Gasteiger partial charge in [-0.2, -0.15) is 5.10 Å². The van der Waals surface area contributed by atoms with Crippen LogP contribution < -0.4 is 11.2 Å². The van der Waals surface area contributed by atoms with Crippen molar-refractivity contribution in [2.24, 2.45) is 0 Å². The predicted molar refractivity (Wildman–Crippen MR) is 127 cm³/mol. The maximum absolute atomic E-state index is 13.5. The van der Waals surface area contributed by atoms with E-state index in [1.807, 2.05) is 103 Å². The monoisotopic (exact) mass is 419 g/mol. The summed E-state index contributed by atoms with van der Waals surface area (Å²) in [7, 11) is 0. The van der Waals surface area contributed by atoms with Gasteiger partial charge < -0.3 is 0 Å². The highest BCUT2D eigenvalue weighted by molar-refractivity contribution is 5.95. The predicted octanol–water partition coefficient (Wildman–Crippen LogP) is 4.32. The summed E-state index contributed by atoms with van der Waals surface area (Å²) in [6.45, 7) is 0.472. The average Bonchev–Trinajstić information content (AvgIpc) is 2.84. The van der Waals surface area contributed by atoms with Crippen LogP contribution in [0.4, 0.5) is 0 Å². The van der Waals surface area contributed by atoms with Crippen LogP contribution >= 0.6 is 0 Å². The summed E-state index contributed by atoms with van der Waals surface area (Å²) in [6.07, 6.45) is 0. The minimum Gasteiger partial charge on any atom is -0.267 e. The van der Waals surface area contributed by atoms with Crippen LogP contribution in [0.3, 0.4) is 0 Å². The normalized spacial score (nSPS) is 11.0. The fraction of sp³-hybridized carbons (Fsp3) is 0.0741. The molecule has 0 bridgehead atoms. The summed E-state index contributed by atoms with van der Waals surface area (Å²) in [6, 6.07) is 32.9. The standard InChI is InChI=1S/C27H21N3O2/c31-26-25(24-17-9-15-22-14-7-8-16-23(22)24)28-30(19-21-12-5-2-6-13-21)27(32)29(26)18-20-10-3-1-4-11-20/h1-17H,18-19H2. The molecule has 0 spiro atoms. The molecular weight excluding hydrogens is 398 g/mol. The van der Waals surface area contributed by atoms with Crippen molar-refractivity contribution >= 4 is 10.8 Å². The van der Waals surface area contributed by atoms with Gasteiger partial charge in [-0.1, -0.05) is 103 Å². The van der Waals surface area contributed by atoms with Gasteiger partial charge in [0.2, 0.25) is 0 Å². The van der Waals surface area contributed by atoms with E-state index in [4.69, 9.17) is 0 Å². The molecule has 0 aliphatic heterocycles. The minimum atomic E-state index is -0.424. The molecule has 0 radical (unpaired) electrons. The summed E-state index contributed by atoms with van der Waals surface area (Å²) < 4.78 is 2.67. The lowest BCUT2D eigenvalue weighted by atomic mass is 10.0. The number of benzene rings is 4. The Morgan fingerprint density at radius 3 is 1.94 bits per heavy atom. The summed E-state index contributed by atoms with van der Waals surface area (Å²) in [5, 5.41) is 6.50. The smallest absolute Gasteiger partial charge is 0.267 e. The number of hydrogen-bond acceptors (Lipinski definition) is 3. The summed E-state index contributed by atoms with van der Waals surface area (Å²) >= 11 is 0. The van der Waals surface area contributed by atoms with E-state index in [2.05, 4.69) is 5.10 Å². The lowest BCUT2D eigenvalue weighted by Crippen LogP contribution is -2.42. The zero-order chi connectivity index (χ0) is 21.9. The maximum Gasteiger partial charge on any atom is 0.348 e. The van der Waals surface area contributed by atoms with Crippen LogP contribution in [0.25, 0.3) is 22.0 Å². The van der Waals surface area contributed by atoms with Gasteiger partial charge in [-0.05, 0) is 21.9 Å². The van der Waals surface area contributed by atoms with Crippen molar-refractivity contribution in [1.29, 1.82) is 0 Å². The lowest BCUT2D eigenvalue weighted by molar-refractivity contribution is 0.546. The minimum absolute atomic E-state index is 0.188. The van der Waals surface area contributed by atoms with Gasteiger partial charge in [-0.25, -0.2) is 9.48 Å². The fourth-order valence-corrected chi connectivity index (χ4v) is 3.93. The molecule has 5 aromatic rings. The van der Waals surface area contributed by atoms with E-state index in [1.54, 1.807) is 0 Å². The first-order chi connectivity index (χ1) is 15.7. The Bertz CT molecular complexity index is 1500. The fourth-order valence-electron chi connectivity index (χ4n) is 3.93. The Morgan fingerprint density at radius 1 is 0.625 bits per heavy atom. The first-order valence-electron chi connectivity index (χ1n) is 10.5. The molecule has 0 N–H and O–H groups in total. The third-order valence-corrected chi connectivity index (χ3v) is 5.52. The molecule has 0 aliphatic carbocycles.